The molecule has 0 saturated heterocycles. The van der Waals surface area contributed by atoms with Gasteiger partial charge in [-0.2, -0.15) is 0 Å². The summed E-state index contributed by atoms with van der Waals surface area (Å²) in [6, 6.07) is 9.23. The van der Waals surface area contributed by atoms with Crippen molar-refractivity contribution in [2.45, 2.75) is 39.1 Å². The van der Waals surface area contributed by atoms with Crippen LogP contribution in [-0.2, 0) is 18.7 Å². The van der Waals surface area contributed by atoms with E-state index in [1.807, 2.05) is 56.9 Å². The average Bonchev–Trinajstić information content (AvgIpc) is 2.54. The lowest BCUT2D eigenvalue weighted by Gasteiger charge is -2.24. The number of ether oxygens (including phenoxy) is 2. The Morgan fingerprint density at radius 1 is 1.24 bits per heavy atom. The Morgan fingerprint density at radius 3 is 2.40 bits per heavy atom. The number of hydrogen-bond donors (Lipinski definition) is 1. The minimum absolute atomic E-state index is 0.129. The third-order valence-corrected chi connectivity index (χ3v) is 3.99. The lowest BCUT2D eigenvalue weighted by molar-refractivity contribution is -0.135. The summed E-state index contributed by atoms with van der Waals surface area (Å²) in [6.45, 7) is 8.45. The second-order valence-corrected chi connectivity index (χ2v) is 10.9. The van der Waals surface area contributed by atoms with Crippen molar-refractivity contribution in [3.8, 4) is 0 Å². The molecule has 1 N–H and O–H groups in total. The maximum Gasteiger partial charge on any atom is 0.333 e. The summed E-state index contributed by atoms with van der Waals surface area (Å²) < 4.78 is 16.4. The first-order chi connectivity index (χ1) is 11.7. The van der Waals surface area contributed by atoms with E-state index >= 15 is 0 Å². The Kier molecular flexibility index (Phi) is 8.44. The Bertz CT molecular complexity index is 602. The highest BCUT2D eigenvalue weighted by Gasteiger charge is 2.21. The molecule has 1 rings (SSSR count). The summed E-state index contributed by atoms with van der Waals surface area (Å²) in [7, 11) is -0.583. The SMILES string of the molecule is CCOC(/C=C(\O)c1ccccc1)C/C(=C/C(=O)OC)O[Si](C)(C)C. The number of benzene rings is 1. The second-order valence-electron chi connectivity index (χ2n) is 6.46. The van der Waals surface area contributed by atoms with Crippen LogP contribution in [0.15, 0.2) is 48.2 Å². The van der Waals surface area contributed by atoms with Crippen LogP contribution in [0.1, 0.15) is 18.9 Å². The van der Waals surface area contributed by atoms with E-state index < -0.39 is 20.4 Å². The lowest BCUT2D eigenvalue weighted by Crippen LogP contribution is -2.27. The molecule has 0 aromatic heterocycles. The van der Waals surface area contributed by atoms with Gasteiger partial charge in [-0.25, -0.2) is 4.79 Å². The van der Waals surface area contributed by atoms with E-state index in [0.717, 1.165) is 0 Å². The van der Waals surface area contributed by atoms with E-state index in [2.05, 4.69) is 0 Å². The van der Waals surface area contributed by atoms with Crippen LogP contribution >= 0.6 is 0 Å². The van der Waals surface area contributed by atoms with Gasteiger partial charge in [-0.3, -0.25) is 0 Å². The normalized spacial score (nSPS) is 14.1. The molecule has 1 unspecified atom stereocenters. The predicted octanol–water partition coefficient (Wildman–Crippen LogP) is 4.29. The summed E-state index contributed by atoms with van der Waals surface area (Å²) in [5, 5.41) is 10.3. The number of methoxy groups -OCH3 is 1. The van der Waals surface area contributed by atoms with Gasteiger partial charge >= 0.3 is 5.97 Å². The summed E-state index contributed by atoms with van der Waals surface area (Å²) in [6.07, 6.45) is 2.90. The maximum atomic E-state index is 11.6. The van der Waals surface area contributed by atoms with Crippen LogP contribution in [0.2, 0.25) is 19.6 Å². The van der Waals surface area contributed by atoms with E-state index in [1.165, 1.54) is 13.2 Å². The van der Waals surface area contributed by atoms with Crippen LogP contribution in [0.3, 0.4) is 0 Å². The topological polar surface area (TPSA) is 65.0 Å². The molecule has 0 heterocycles. The fourth-order valence-electron chi connectivity index (χ4n) is 2.17. The summed E-state index contributed by atoms with van der Waals surface area (Å²) in [5.41, 5.74) is 0.705. The number of carbonyl (C=O) groups excluding carboxylic acids is 1. The molecule has 6 heteroatoms. The minimum atomic E-state index is -1.91. The Balaban J connectivity index is 3.02. The number of aliphatic hydroxyl groups is 1. The highest BCUT2D eigenvalue weighted by atomic mass is 28.4. The predicted molar refractivity (Wildman–Crippen MR) is 102 cm³/mol. The fourth-order valence-corrected chi connectivity index (χ4v) is 3.10. The lowest BCUT2D eigenvalue weighted by atomic mass is 10.1. The smallest absolute Gasteiger partial charge is 0.333 e. The van der Waals surface area contributed by atoms with Gasteiger partial charge < -0.3 is 19.0 Å². The molecule has 138 valence electrons. The van der Waals surface area contributed by atoms with Crippen LogP contribution < -0.4 is 0 Å². The summed E-state index contributed by atoms with van der Waals surface area (Å²) in [4.78, 5) is 11.6. The van der Waals surface area contributed by atoms with Crippen molar-refractivity contribution in [1.29, 1.82) is 0 Å². The first-order valence-corrected chi connectivity index (χ1v) is 11.7. The molecule has 0 bridgehead atoms. The van der Waals surface area contributed by atoms with E-state index in [-0.39, 0.29) is 5.76 Å². The third kappa shape index (κ3) is 8.56. The highest BCUT2D eigenvalue weighted by Crippen LogP contribution is 2.20. The summed E-state index contributed by atoms with van der Waals surface area (Å²) in [5.74, 6) is 0.158. The monoisotopic (exact) mass is 364 g/mol. The van der Waals surface area contributed by atoms with Crippen molar-refractivity contribution in [3.05, 3.63) is 53.8 Å². The molecular formula is C19H28O5Si. The molecule has 0 amide bonds. The zero-order valence-corrected chi connectivity index (χ0v) is 16.6. The summed E-state index contributed by atoms with van der Waals surface area (Å²) >= 11 is 0. The molecule has 0 aliphatic heterocycles. The molecule has 0 radical (unpaired) electrons. The maximum absolute atomic E-state index is 11.6. The van der Waals surface area contributed by atoms with Crippen molar-refractivity contribution in [2.24, 2.45) is 0 Å². The van der Waals surface area contributed by atoms with Crippen LogP contribution in [0.5, 0.6) is 0 Å². The van der Waals surface area contributed by atoms with Crippen molar-refractivity contribution < 1.29 is 23.8 Å². The van der Waals surface area contributed by atoms with E-state index in [9.17, 15) is 9.90 Å². The third-order valence-electron chi connectivity index (χ3n) is 3.11. The van der Waals surface area contributed by atoms with Gasteiger partial charge in [-0.05, 0) is 32.6 Å². The molecule has 0 saturated carbocycles. The van der Waals surface area contributed by atoms with Crippen LogP contribution in [0, 0.1) is 0 Å². The van der Waals surface area contributed by atoms with E-state index in [0.29, 0.717) is 24.4 Å². The van der Waals surface area contributed by atoms with Crippen molar-refractivity contribution >= 4 is 20.0 Å². The molecule has 1 aromatic rings. The molecule has 1 atom stereocenters. The van der Waals surface area contributed by atoms with Gasteiger partial charge in [0.1, 0.15) is 5.76 Å². The quantitative estimate of drug-likeness (QED) is 0.306. The van der Waals surface area contributed by atoms with E-state index in [1.54, 1.807) is 6.08 Å². The van der Waals surface area contributed by atoms with Crippen LogP contribution in [-0.4, -0.2) is 39.2 Å². The number of esters is 1. The average molecular weight is 365 g/mol. The van der Waals surface area contributed by atoms with Gasteiger partial charge in [-0.1, -0.05) is 30.3 Å². The number of hydrogen-bond acceptors (Lipinski definition) is 5. The Morgan fingerprint density at radius 2 is 1.88 bits per heavy atom. The minimum Gasteiger partial charge on any atom is -0.547 e. The Labute approximate surface area is 151 Å². The highest BCUT2D eigenvalue weighted by molar-refractivity contribution is 6.70. The molecule has 5 nitrogen and oxygen atoms in total. The first kappa shape index (κ1) is 21.0. The van der Waals surface area contributed by atoms with Crippen LogP contribution in [0.4, 0.5) is 0 Å². The van der Waals surface area contributed by atoms with Crippen molar-refractivity contribution in [3.63, 3.8) is 0 Å². The molecule has 0 fully saturated rings. The standard InChI is InChI=1S/C19H28O5Si/c1-6-23-16(13-18(20)15-10-8-7-9-11-15)12-17(14-19(21)22-2)24-25(3,4)5/h7-11,13-14,16,20H,6,12H2,1-5H3/b17-14-,18-13-. The van der Waals surface area contributed by atoms with Gasteiger partial charge in [0.2, 0.25) is 8.32 Å². The number of rotatable bonds is 9. The molecule has 0 aliphatic carbocycles. The zero-order chi connectivity index (χ0) is 18.9. The Hall–Kier alpha value is -2.05. The first-order valence-electron chi connectivity index (χ1n) is 8.30. The van der Waals surface area contributed by atoms with Gasteiger partial charge in [0.15, 0.2) is 0 Å². The van der Waals surface area contributed by atoms with Crippen LogP contribution in [0.25, 0.3) is 5.76 Å². The van der Waals surface area contributed by atoms with Crippen molar-refractivity contribution in [2.75, 3.05) is 13.7 Å². The van der Waals surface area contributed by atoms with Gasteiger partial charge in [0.25, 0.3) is 0 Å². The van der Waals surface area contributed by atoms with E-state index in [4.69, 9.17) is 13.9 Å². The number of carbonyl (C=O) groups is 1. The van der Waals surface area contributed by atoms with Gasteiger partial charge in [0.05, 0.1) is 25.0 Å². The largest absolute Gasteiger partial charge is 0.547 e. The molecule has 1 aromatic carbocycles. The second kappa shape index (κ2) is 10.1. The fraction of sp³-hybridized carbons (Fsp3) is 0.421. The zero-order valence-electron chi connectivity index (χ0n) is 15.6. The molecular weight excluding hydrogens is 336 g/mol. The number of aliphatic hydroxyl groups excluding tert-OH is 1. The van der Waals surface area contributed by atoms with Crippen molar-refractivity contribution in [1.82, 2.24) is 0 Å². The van der Waals surface area contributed by atoms with Gasteiger partial charge in [0, 0.05) is 18.6 Å². The van der Waals surface area contributed by atoms with Gasteiger partial charge in [-0.15, -0.1) is 0 Å². The molecule has 25 heavy (non-hydrogen) atoms. The molecule has 0 spiro atoms. The molecule has 0 aliphatic rings.